The highest BCUT2D eigenvalue weighted by atomic mass is 32.1. The van der Waals surface area contributed by atoms with E-state index in [0.717, 1.165) is 12.1 Å². The van der Waals surface area contributed by atoms with Crippen LogP contribution in [0.1, 0.15) is 26.2 Å². The molecule has 3 nitrogen and oxygen atoms in total. The van der Waals surface area contributed by atoms with E-state index in [-0.39, 0.29) is 5.11 Å². The van der Waals surface area contributed by atoms with Crippen LogP contribution in [0.2, 0.25) is 0 Å². The van der Waals surface area contributed by atoms with E-state index < -0.39 is 0 Å². The number of hydrazone groups is 1. The van der Waals surface area contributed by atoms with Crippen LogP contribution >= 0.6 is 12.2 Å². The molecule has 66 valence electrons. The fourth-order valence-electron chi connectivity index (χ4n) is 1.19. The molecular weight excluding hydrogens is 170 g/mol. The first-order valence-electron chi connectivity index (χ1n) is 3.97. The van der Waals surface area contributed by atoms with Crippen molar-refractivity contribution in [1.82, 2.24) is 5.43 Å². The molecule has 1 rings (SSSR count). The third kappa shape index (κ3) is 3.00. The van der Waals surface area contributed by atoms with E-state index in [2.05, 4.69) is 35.7 Å². The Hall–Kier alpha value is -0.900. The zero-order chi connectivity index (χ0) is 8.97. The fraction of sp³-hybridized carbons (Fsp3) is 0.500. The summed E-state index contributed by atoms with van der Waals surface area (Å²) >= 11 is 4.63. The molecule has 0 fully saturated rings. The largest absolute Gasteiger partial charge is 0.375 e. The Balaban J connectivity index is 2.56. The van der Waals surface area contributed by atoms with Gasteiger partial charge in [0.25, 0.3) is 0 Å². The minimum absolute atomic E-state index is 0.221. The van der Waals surface area contributed by atoms with Gasteiger partial charge in [-0.15, -0.1) is 0 Å². The van der Waals surface area contributed by atoms with Crippen LogP contribution in [-0.2, 0) is 0 Å². The van der Waals surface area contributed by atoms with Gasteiger partial charge in [0.2, 0.25) is 0 Å². The van der Waals surface area contributed by atoms with Gasteiger partial charge in [0.1, 0.15) is 0 Å². The lowest BCUT2D eigenvalue weighted by molar-refractivity contribution is 0.826. The van der Waals surface area contributed by atoms with Gasteiger partial charge in [-0.1, -0.05) is 5.57 Å². The Morgan fingerprint density at radius 2 is 2.42 bits per heavy atom. The number of thiocarbonyl (C=S) groups is 1. The number of hydrogen-bond acceptors (Lipinski definition) is 2. The first-order valence-corrected chi connectivity index (χ1v) is 4.38. The summed E-state index contributed by atoms with van der Waals surface area (Å²) in [6.45, 7) is 2.11. The molecule has 0 amide bonds. The van der Waals surface area contributed by atoms with Crippen LogP contribution in [-0.4, -0.2) is 10.8 Å². The van der Waals surface area contributed by atoms with E-state index in [9.17, 15) is 0 Å². The van der Waals surface area contributed by atoms with Crippen LogP contribution in [0.4, 0.5) is 0 Å². The molecule has 0 radical (unpaired) electrons. The molecule has 0 saturated heterocycles. The summed E-state index contributed by atoms with van der Waals surface area (Å²) in [5, 5.41) is 4.28. The number of nitrogens with one attached hydrogen (secondary N) is 1. The summed E-state index contributed by atoms with van der Waals surface area (Å²) in [5.41, 5.74) is 10.2. The molecule has 0 saturated carbocycles. The minimum Gasteiger partial charge on any atom is -0.375 e. The summed E-state index contributed by atoms with van der Waals surface area (Å²) in [7, 11) is 0. The monoisotopic (exact) mass is 183 g/mol. The second-order valence-corrected chi connectivity index (χ2v) is 3.36. The Labute approximate surface area is 77.7 Å². The van der Waals surface area contributed by atoms with E-state index in [1.807, 2.05) is 0 Å². The lowest BCUT2D eigenvalue weighted by Gasteiger charge is -2.10. The van der Waals surface area contributed by atoms with Crippen LogP contribution < -0.4 is 11.2 Å². The molecule has 0 unspecified atom stereocenters. The van der Waals surface area contributed by atoms with Crippen molar-refractivity contribution in [2.24, 2.45) is 10.8 Å². The van der Waals surface area contributed by atoms with E-state index >= 15 is 0 Å². The maximum atomic E-state index is 5.24. The van der Waals surface area contributed by atoms with Gasteiger partial charge in [0.15, 0.2) is 5.11 Å². The number of hydrogen-bond donors (Lipinski definition) is 2. The number of rotatable bonds is 1. The summed E-state index contributed by atoms with van der Waals surface area (Å²) < 4.78 is 0. The maximum absolute atomic E-state index is 5.24. The van der Waals surface area contributed by atoms with Gasteiger partial charge in [-0.2, -0.15) is 5.10 Å². The lowest BCUT2D eigenvalue weighted by atomic mass is 10.00. The molecule has 1 aliphatic rings. The van der Waals surface area contributed by atoms with E-state index in [0.29, 0.717) is 0 Å². The summed E-state index contributed by atoms with van der Waals surface area (Å²) in [6, 6.07) is 0. The van der Waals surface area contributed by atoms with Gasteiger partial charge in [-0.3, -0.25) is 5.43 Å². The summed E-state index contributed by atoms with van der Waals surface area (Å²) in [5.74, 6) is 0. The van der Waals surface area contributed by atoms with Gasteiger partial charge < -0.3 is 5.73 Å². The van der Waals surface area contributed by atoms with Crippen LogP contribution in [0.5, 0.6) is 0 Å². The second kappa shape index (κ2) is 4.21. The van der Waals surface area contributed by atoms with Crippen LogP contribution in [0.25, 0.3) is 0 Å². The number of nitrogens with zero attached hydrogens (tertiary/aromatic N) is 1. The smallest absolute Gasteiger partial charge is 0.184 e. The van der Waals surface area contributed by atoms with Crippen molar-refractivity contribution in [3.8, 4) is 0 Å². The van der Waals surface area contributed by atoms with Crippen LogP contribution in [0.3, 0.4) is 0 Å². The zero-order valence-electron chi connectivity index (χ0n) is 7.13. The molecular formula is C8H13N3S. The molecule has 0 aromatic heterocycles. The first-order chi connectivity index (χ1) is 5.68. The van der Waals surface area contributed by atoms with Crippen molar-refractivity contribution in [3.63, 3.8) is 0 Å². The first kappa shape index (κ1) is 9.19. The van der Waals surface area contributed by atoms with Crippen molar-refractivity contribution in [2.45, 2.75) is 26.2 Å². The molecule has 0 aromatic carbocycles. The highest BCUT2D eigenvalue weighted by molar-refractivity contribution is 7.80. The highest BCUT2D eigenvalue weighted by Gasteiger charge is 2.04. The fourth-order valence-corrected chi connectivity index (χ4v) is 1.24. The van der Waals surface area contributed by atoms with Crippen molar-refractivity contribution >= 4 is 23.0 Å². The van der Waals surface area contributed by atoms with Crippen LogP contribution in [0, 0.1) is 0 Å². The molecule has 1 aliphatic carbocycles. The molecule has 0 spiro atoms. The van der Waals surface area contributed by atoms with E-state index in [4.69, 9.17) is 5.73 Å². The van der Waals surface area contributed by atoms with Crippen LogP contribution in [0.15, 0.2) is 16.8 Å². The maximum Gasteiger partial charge on any atom is 0.184 e. The van der Waals surface area contributed by atoms with Gasteiger partial charge in [-0.25, -0.2) is 0 Å². The normalized spacial score (nSPS) is 20.4. The summed E-state index contributed by atoms with van der Waals surface area (Å²) in [6.07, 6.45) is 5.42. The average Bonchev–Trinajstić information content (AvgIpc) is 2.01. The van der Waals surface area contributed by atoms with Crippen molar-refractivity contribution in [1.29, 1.82) is 0 Å². The molecule has 0 heterocycles. The van der Waals surface area contributed by atoms with E-state index in [1.165, 1.54) is 18.4 Å². The van der Waals surface area contributed by atoms with Crippen molar-refractivity contribution < 1.29 is 0 Å². The second-order valence-electron chi connectivity index (χ2n) is 2.92. The molecule has 3 N–H and O–H groups in total. The third-order valence-electron chi connectivity index (χ3n) is 1.73. The quantitative estimate of drug-likeness (QED) is 0.476. The SMILES string of the molecule is CC1=C/C(=N/NC(N)=S)CCC1. The predicted molar refractivity (Wildman–Crippen MR) is 55.0 cm³/mol. The van der Waals surface area contributed by atoms with Gasteiger partial charge >= 0.3 is 0 Å². The number of allylic oxidation sites excluding steroid dienone is 2. The average molecular weight is 183 g/mol. The predicted octanol–water partition coefficient (Wildman–Crippen LogP) is 1.31. The molecule has 0 bridgehead atoms. The third-order valence-corrected chi connectivity index (χ3v) is 1.82. The Kier molecular flexibility index (Phi) is 3.22. The van der Waals surface area contributed by atoms with Gasteiger partial charge in [0, 0.05) is 0 Å². The topological polar surface area (TPSA) is 50.4 Å². The van der Waals surface area contributed by atoms with Gasteiger partial charge in [-0.05, 0) is 44.5 Å². The lowest BCUT2D eigenvalue weighted by Crippen LogP contribution is -2.25. The Morgan fingerprint density at radius 1 is 1.67 bits per heavy atom. The molecule has 4 heteroatoms. The van der Waals surface area contributed by atoms with E-state index in [1.54, 1.807) is 0 Å². The highest BCUT2D eigenvalue weighted by Crippen LogP contribution is 2.14. The van der Waals surface area contributed by atoms with Crippen molar-refractivity contribution in [3.05, 3.63) is 11.6 Å². The molecule has 12 heavy (non-hydrogen) atoms. The standard InChI is InChI=1S/C8H13N3S/c1-6-3-2-4-7(5-6)10-11-8(9)12/h5H,2-4H2,1H3,(H3,9,11,12)/b10-7+. The summed E-state index contributed by atoms with van der Waals surface area (Å²) in [4.78, 5) is 0. The zero-order valence-corrected chi connectivity index (χ0v) is 7.95. The van der Waals surface area contributed by atoms with Gasteiger partial charge in [0.05, 0.1) is 5.71 Å². The molecule has 0 aromatic rings. The van der Waals surface area contributed by atoms with Crippen molar-refractivity contribution in [2.75, 3.05) is 0 Å². The Morgan fingerprint density at radius 3 is 3.00 bits per heavy atom. The molecule has 0 atom stereocenters. The Bertz CT molecular complexity index is 243. The number of nitrogens with two attached hydrogens (primary N) is 1. The molecule has 0 aliphatic heterocycles. The minimum atomic E-state index is 0.221.